The highest BCUT2D eigenvalue weighted by molar-refractivity contribution is 7.92. The molecule has 0 spiro atoms. The van der Waals surface area contributed by atoms with Crippen LogP contribution in [0.5, 0.6) is 0 Å². The van der Waals surface area contributed by atoms with Gasteiger partial charge in [-0.3, -0.25) is 9.52 Å². The lowest BCUT2D eigenvalue weighted by Crippen LogP contribution is -2.20. The Morgan fingerprint density at radius 1 is 1.18 bits per heavy atom. The summed E-state index contributed by atoms with van der Waals surface area (Å²) in [6.45, 7) is 1.35. The number of aryl methyl sites for hydroxylation is 1. The van der Waals surface area contributed by atoms with Crippen molar-refractivity contribution < 1.29 is 35.9 Å². The van der Waals surface area contributed by atoms with Crippen LogP contribution in [0.25, 0.3) is 5.69 Å². The van der Waals surface area contributed by atoms with Gasteiger partial charge in [-0.25, -0.2) is 17.9 Å². The molecule has 2 aromatic heterocycles. The number of alkyl halides is 3. The Bertz CT molecular complexity index is 1330. The summed E-state index contributed by atoms with van der Waals surface area (Å²) < 4.78 is 75.1. The molecule has 34 heavy (non-hydrogen) atoms. The molecule has 1 amide bonds. The zero-order valence-electron chi connectivity index (χ0n) is 18.2. The number of esters is 1. The average molecular weight is 499 g/mol. The molecule has 2 heterocycles. The Hall–Kier alpha value is -3.81. The lowest BCUT2D eigenvalue weighted by atomic mass is 10.2. The average Bonchev–Trinajstić information content (AvgIpc) is 3.38. The van der Waals surface area contributed by atoms with Crippen LogP contribution in [0.1, 0.15) is 33.5 Å². The molecule has 14 heteroatoms. The molecule has 182 valence electrons. The molecule has 10 nitrogen and oxygen atoms in total. The first-order valence-electron chi connectivity index (χ1n) is 9.73. The van der Waals surface area contributed by atoms with Crippen molar-refractivity contribution in [2.75, 3.05) is 18.4 Å². The van der Waals surface area contributed by atoms with Crippen molar-refractivity contribution in [2.24, 2.45) is 7.05 Å². The van der Waals surface area contributed by atoms with E-state index in [1.807, 2.05) is 0 Å². The highest BCUT2D eigenvalue weighted by atomic mass is 32.2. The van der Waals surface area contributed by atoms with Crippen LogP contribution < -0.4 is 10.0 Å². The quantitative estimate of drug-likeness (QED) is 0.482. The van der Waals surface area contributed by atoms with E-state index in [-0.39, 0.29) is 28.6 Å². The summed E-state index contributed by atoms with van der Waals surface area (Å²) in [4.78, 5) is 23.6. The normalized spacial score (nSPS) is 11.8. The standard InChI is InChI=1S/C20H20F3N5O5S/c1-4-33-19(30)15-10-25-28(17(15)20(21,22)23)13-7-5-12(6-8-13)26-34(31,32)14-9-16(18(29)24-2)27(3)11-14/h5-11,26H,4H2,1-3H3,(H,24,29). The van der Waals surface area contributed by atoms with Crippen LogP contribution in [0.4, 0.5) is 18.9 Å². The molecule has 0 aliphatic rings. The van der Waals surface area contributed by atoms with Crippen molar-refractivity contribution in [3.05, 3.63) is 59.7 Å². The van der Waals surface area contributed by atoms with Crippen LogP contribution in [0, 0.1) is 0 Å². The molecule has 2 N–H and O–H groups in total. The number of amides is 1. The van der Waals surface area contributed by atoms with Crippen molar-refractivity contribution >= 4 is 27.6 Å². The summed E-state index contributed by atoms with van der Waals surface area (Å²) in [5.41, 5.74) is -1.94. The maximum atomic E-state index is 13.6. The number of carbonyl (C=O) groups excluding carboxylic acids is 2. The molecule has 0 bridgehead atoms. The van der Waals surface area contributed by atoms with Crippen molar-refractivity contribution in [3.8, 4) is 5.69 Å². The fourth-order valence-corrected chi connectivity index (χ4v) is 4.22. The van der Waals surface area contributed by atoms with E-state index >= 15 is 0 Å². The third-order valence-electron chi connectivity index (χ3n) is 4.65. The second kappa shape index (κ2) is 9.21. The van der Waals surface area contributed by atoms with E-state index in [1.54, 1.807) is 0 Å². The molecule has 0 atom stereocenters. The van der Waals surface area contributed by atoms with E-state index < -0.39 is 39.3 Å². The SMILES string of the molecule is CCOC(=O)c1cnn(-c2ccc(NS(=O)(=O)c3cc(C(=O)NC)n(C)c3)cc2)c1C(F)(F)F. The minimum atomic E-state index is -4.91. The number of rotatable bonds is 7. The first kappa shape index (κ1) is 24.8. The number of halogens is 3. The molecule has 0 unspecified atom stereocenters. The third kappa shape index (κ3) is 4.90. The maximum Gasteiger partial charge on any atom is 0.434 e. The van der Waals surface area contributed by atoms with Gasteiger partial charge in [-0.1, -0.05) is 0 Å². The number of hydrogen-bond acceptors (Lipinski definition) is 6. The molecule has 0 aliphatic carbocycles. The van der Waals surface area contributed by atoms with Crippen LogP contribution in [0.3, 0.4) is 0 Å². The van der Waals surface area contributed by atoms with Crippen molar-refractivity contribution in [1.29, 1.82) is 0 Å². The second-order valence-corrected chi connectivity index (χ2v) is 8.62. The number of aromatic nitrogens is 3. The third-order valence-corrected chi connectivity index (χ3v) is 6.00. The molecule has 0 radical (unpaired) electrons. The topological polar surface area (TPSA) is 124 Å². The largest absolute Gasteiger partial charge is 0.462 e. The fourth-order valence-electron chi connectivity index (χ4n) is 3.09. The van der Waals surface area contributed by atoms with Gasteiger partial charge in [-0.05, 0) is 37.3 Å². The van der Waals surface area contributed by atoms with E-state index in [4.69, 9.17) is 0 Å². The molecular weight excluding hydrogens is 479 g/mol. The number of nitrogens with zero attached hydrogens (tertiary/aromatic N) is 3. The van der Waals surface area contributed by atoms with E-state index in [0.717, 1.165) is 6.20 Å². The zero-order chi connectivity index (χ0) is 25.3. The smallest absolute Gasteiger partial charge is 0.434 e. The van der Waals surface area contributed by atoms with Gasteiger partial charge in [0.25, 0.3) is 15.9 Å². The summed E-state index contributed by atoms with van der Waals surface area (Å²) >= 11 is 0. The summed E-state index contributed by atoms with van der Waals surface area (Å²) in [6, 6.07) is 6.07. The molecule has 0 saturated carbocycles. The van der Waals surface area contributed by atoms with Crippen molar-refractivity contribution in [1.82, 2.24) is 19.7 Å². The summed E-state index contributed by atoms with van der Waals surface area (Å²) in [7, 11) is -1.18. The highest BCUT2D eigenvalue weighted by Crippen LogP contribution is 2.34. The van der Waals surface area contributed by atoms with Gasteiger partial charge in [-0.2, -0.15) is 18.3 Å². The van der Waals surface area contributed by atoms with Crippen LogP contribution >= 0.6 is 0 Å². The monoisotopic (exact) mass is 499 g/mol. The molecule has 0 saturated heterocycles. The first-order valence-corrected chi connectivity index (χ1v) is 11.2. The minimum absolute atomic E-state index is 0.0560. The summed E-state index contributed by atoms with van der Waals surface area (Å²) in [5, 5.41) is 6.06. The number of anilines is 1. The Morgan fingerprint density at radius 2 is 1.82 bits per heavy atom. The van der Waals surface area contributed by atoms with Gasteiger partial charge in [-0.15, -0.1) is 0 Å². The number of nitrogens with one attached hydrogen (secondary N) is 2. The van der Waals surface area contributed by atoms with E-state index in [0.29, 0.717) is 4.68 Å². The Balaban J connectivity index is 1.90. The predicted octanol–water partition coefficient (Wildman–Crippen LogP) is 2.57. The van der Waals surface area contributed by atoms with Gasteiger partial charge < -0.3 is 14.6 Å². The highest BCUT2D eigenvalue weighted by Gasteiger charge is 2.41. The number of hydrogen-bond donors (Lipinski definition) is 2. The number of carbonyl (C=O) groups is 2. The van der Waals surface area contributed by atoms with Crippen LogP contribution in [0.2, 0.25) is 0 Å². The molecular formula is C20H20F3N5O5S. The molecule has 0 aliphatic heterocycles. The predicted molar refractivity (Wildman–Crippen MR) is 114 cm³/mol. The summed E-state index contributed by atoms with van der Waals surface area (Å²) in [6.07, 6.45) is -2.90. The lowest BCUT2D eigenvalue weighted by molar-refractivity contribution is -0.143. The van der Waals surface area contributed by atoms with Crippen LogP contribution in [0.15, 0.2) is 47.6 Å². The number of sulfonamides is 1. The minimum Gasteiger partial charge on any atom is -0.462 e. The van der Waals surface area contributed by atoms with Gasteiger partial charge in [0.1, 0.15) is 16.2 Å². The van der Waals surface area contributed by atoms with E-state index in [9.17, 15) is 31.2 Å². The molecule has 3 aromatic rings. The fraction of sp³-hybridized carbons (Fsp3) is 0.250. The van der Waals surface area contributed by atoms with Crippen molar-refractivity contribution in [2.45, 2.75) is 18.0 Å². The first-order chi connectivity index (χ1) is 15.9. The Kier molecular flexibility index (Phi) is 6.72. The van der Waals surface area contributed by atoms with E-state index in [2.05, 4.69) is 19.9 Å². The maximum absolute atomic E-state index is 13.6. The van der Waals surface area contributed by atoms with Gasteiger partial charge in [0.2, 0.25) is 0 Å². The van der Waals surface area contributed by atoms with Gasteiger partial charge >= 0.3 is 12.1 Å². The van der Waals surface area contributed by atoms with Crippen LogP contribution in [-0.4, -0.2) is 48.3 Å². The Labute approximate surface area is 192 Å². The van der Waals surface area contributed by atoms with Crippen LogP contribution in [-0.2, 0) is 28.0 Å². The molecule has 3 rings (SSSR count). The number of benzene rings is 1. The molecule has 1 aromatic carbocycles. The summed E-state index contributed by atoms with van der Waals surface area (Å²) in [5.74, 6) is -1.64. The van der Waals surface area contributed by atoms with E-state index in [1.165, 1.54) is 62.1 Å². The van der Waals surface area contributed by atoms with Crippen molar-refractivity contribution in [3.63, 3.8) is 0 Å². The van der Waals surface area contributed by atoms with Gasteiger partial charge in [0.05, 0.1) is 18.5 Å². The Morgan fingerprint density at radius 3 is 2.38 bits per heavy atom. The zero-order valence-corrected chi connectivity index (χ0v) is 19.0. The van der Waals surface area contributed by atoms with Gasteiger partial charge in [0, 0.05) is 26.0 Å². The number of ether oxygens (including phenoxy) is 1. The second-order valence-electron chi connectivity index (χ2n) is 6.94. The lowest BCUT2D eigenvalue weighted by Gasteiger charge is -2.13. The van der Waals surface area contributed by atoms with Gasteiger partial charge in [0.15, 0.2) is 5.69 Å². The molecule has 0 fully saturated rings.